The lowest BCUT2D eigenvalue weighted by Crippen LogP contribution is -2.28. The van der Waals surface area contributed by atoms with Crippen molar-refractivity contribution in [1.82, 2.24) is 4.98 Å². The van der Waals surface area contributed by atoms with Gasteiger partial charge in [0.1, 0.15) is 5.01 Å². The van der Waals surface area contributed by atoms with Gasteiger partial charge in [-0.05, 0) is 30.4 Å². The van der Waals surface area contributed by atoms with Crippen molar-refractivity contribution < 1.29 is 0 Å². The summed E-state index contributed by atoms with van der Waals surface area (Å²) in [5.74, 6) is 0. The molecule has 0 bridgehead atoms. The van der Waals surface area contributed by atoms with E-state index in [9.17, 15) is 0 Å². The Kier molecular flexibility index (Phi) is 3.01. The molecule has 0 saturated heterocycles. The smallest absolute Gasteiger partial charge is 0.134 e. The SMILES string of the molecule is CC1(C)Cc2nc(-c3ccc(Cl)s3)sc2C(N)C1. The van der Waals surface area contributed by atoms with E-state index >= 15 is 0 Å². The van der Waals surface area contributed by atoms with Crippen LogP contribution < -0.4 is 5.73 Å². The highest BCUT2D eigenvalue weighted by Gasteiger charge is 2.33. The Balaban J connectivity index is 2.02. The fourth-order valence-corrected chi connectivity index (χ4v) is 4.71. The van der Waals surface area contributed by atoms with Gasteiger partial charge in [0, 0.05) is 10.9 Å². The third-order valence-corrected chi connectivity index (χ3v) is 5.90. The van der Waals surface area contributed by atoms with E-state index < -0.39 is 0 Å². The largest absolute Gasteiger partial charge is 0.323 e. The summed E-state index contributed by atoms with van der Waals surface area (Å²) in [4.78, 5) is 7.17. The third kappa shape index (κ3) is 2.23. The number of thiophene rings is 1. The highest BCUT2D eigenvalue weighted by atomic mass is 35.5. The number of halogens is 1. The molecule has 0 radical (unpaired) electrons. The predicted molar refractivity (Wildman–Crippen MR) is 79.5 cm³/mol. The Morgan fingerprint density at radius 1 is 1.39 bits per heavy atom. The summed E-state index contributed by atoms with van der Waals surface area (Å²) in [5.41, 5.74) is 7.70. The van der Waals surface area contributed by atoms with Gasteiger partial charge in [0.25, 0.3) is 0 Å². The van der Waals surface area contributed by atoms with Crippen LogP contribution in [0.25, 0.3) is 9.88 Å². The molecule has 2 heterocycles. The first-order valence-corrected chi connectivity index (χ1v) is 7.97. The van der Waals surface area contributed by atoms with Crippen LogP contribution in [-0.4, -0.2) is 4.98 Å². The molecule has 1 unspecified atom stereocenters. The van der Waals surface area contributed by atoms with E-state index in [1.165, 1.54) is 10.6 Å². The summed E-state index contributed by atoms with van der Waals surface area (Å²) in [6, 6.07) is 4.09. The number of nitrogens with zero attached hydrogens (tertiary/aromatic N) is 1. The van der Waals surface area contributed by atoms with Gasteiger partial charge >= 0.3 is 0 Å². The number of rotatable bonds is 1. The van der Waals surface area contributed by atoms with Crippen molar-refractivity contribution in [3.05, 3.63) is 27.0 Å². The molecule has 1 atom stereocenters. The maximum Gasteiger partial charge on any atom is 0.134 e. The molecule has 0 aliphatic heterocycles. The second-order valence-corrected chi connectivity index (χ2v) is 8.33. The van der Waals surface area contributed by atoms with Crippen LogP contribution in [0, 0.1) is 5.41 Å². The molecule has 96 valence electrons. The molecule has 2 nitrogen and oxygen atoms in total. The molecule has 0 aromatic carbocycles. The molecule has 18 heavy (non-hydrogen) atoms. The molecule has 0 fully saturated rings. The van der Waals surface area contributed by atoms with Gasteiger partial charge in [-0.3, -0.25) is 0 Å². The van der Waals surface area contributed by atoms with Crippen molar-refractivity contribution in [3.63, 3.8) is 0 Å². The standard InChI is InChI=1S/C13H15ClN2S2/c1-13(2)5-7(15)11-8(6-13)16-12(18-11)9-3-4-10(14)17-9/h3-4,7H,5-6,15H2,1-2H3. The van der Waals surface area contributed by atoms with Crippen LogP contribution in [-0.2, 0) is 6.42 Å². The van der Waals surface area contributed by atoms with E-state index in [0.717, 1.165) is 27.1 Å². The minimum atomic E-state index is 0.130. The van der Waals surface area contributed by atoms with Crippen molar-refractivity contribution in [2.45, 2.75) is 32.7 Å². The Hall–Kier alpha value is -0.420. The van der Waals surface area contributed by atoms with Crippen LogP contribution in [0.3, 0.4) is 0 Å². The van der Waals surface area contributed by atoms with Crippen molar-refractivity contribution >= 4 is 34.3 Å². The molecule has 2 N–H and O–H groups in total. The number of hydrogen-bond acceptors (Lipinski definition) is 4. The third-order valence-electron chi connectivity index (χ3n) is 3.27. The molecule has 3 rings (SSSR count). The lowest BCUT2D eigenvalue weighted by atomic mass is 9.77. The van der Waals surface area contributed by atoms with Gasteiger partial charge in [-0.2, -0.15) is 0 Å². The molecule has 0 spiro atoms. The van der Waals surface area contributed by atoms with Gasteiger partial charge in [0.15, 0.2) is 0 Å². The minimum absolute atomic E-state index is 0.130. The van der Waals surface area contributed by atoms with E-state index in [1.807, 2.05) is 12.1 Å². The number of aromatic nitrogens is 1. The molecular weight excluding hydrogens is 284 g/mol. The highest BCUT2D eigenvalue weighted by molar-refractivity contribution is 7.23. The zero-order valence-corrected chi connectivity index (χ0v) is 12.8. The second-order valence-electron chi connectivity index (χ2n) is 5.59. The van der Waals surface area contributed by atoms with Crippen molar-refractivity contribution in [2.24, 2.45) is 11.1 Å². The molecule has 1 aliphatic carbocycles. The Labute approximate surface area is 120 Å². The summed E-state index contributed by atoms with van der Waals surface area (Å²) in [6.07, 6.45) is 2.05. The van der Waals surface area contributed by atoms with Gasteiger partial charge in [-0.15, -0.1) is 22.7 Å². The predicted octanol–water partition coefficient (Wildman–Crippen LogP) is 4.50. The molecule has 0 saturated carbocycles. The zero-order valence-electron chi connectivity index (χ0n) is 10.4. The number of thiazole rings is 1. The van der Waals surface area contributed by atoms with Crippen molar-refractivity contribution in [3.8, 4) is 9.88 Å². The highest BCUT2D eigenvalue weighted by Crippen LogP contribution is 2.44. The second kappa shape index (κ2) is 4.30. The first kappa shape index (κ1) is 12.6. The number of fused-ring (bicyclic) bond motifs is 1. The Morgan fingerprint density at radius 3 is 2.83 bits per heavy atom. The van der Waals surface area contributed by atoms with Crippen LogP contribution >= 0.6 is 34.3 Å². The first-order valence-electron chi connectivity index (χ1n) is 5.95. The first-order chi connectivity index (χ1) is 8.44. The van der Waals surface area contributed by atoms with E-state index in [2.05, 4.69) is 13.8 Å². The number of hydrogen-bond donors (Lipinski definition) is 1. The molecule has 0 amide bonds. The monoisotopic (exact) mass is 298 g/mol. The van der Waals surface area contributed by atoms with Crippen LogP contribution in [0.2, 0.25) is 4.34 Å². The van der Waals surface area contributed by atoms with Crippen LogP contribution in [0.15, 0.2) is 12.1 Å². The van der Waals surface area contributed by atoms with Gasteiger partial charge < -0.3 is 5.73 Å². The van der Waals surface area contributed by atoms with E-state index in [1.54, 1.807) is 22.7 Å². The average Bonchev–Trinajstić information content (AvgIpc) is 2.82. The van der Waals surface area contributed by atoms with Gasteiger partial charge in [0.2, 0.25) is 0 Å². The quantitative estimate of drug-likeness (QED) is 0.842. The lowest BCUT2D eigenvalue weighted by molar-refractivity contribution is 0.282. The maximum atomic E-state index is 6.27. The summed E-state index contributed by atoms with van der Waals surface area (Å²) in [7, 11) is 0. The van der Waals surface area contributed by atoms with Crippen LogP contribution in [0.4, 0.5) is 0 Å². The summed E-state index contributed by atoms with van der Waals surface area (Å²) < 4.78 is 0.808. The molecule has 2 aromatic rings. The van der Waals surface area contributed by atoms with E-state index in [-0.39, 0.29) is 11.5 Å². The van der Waals surface area contributed by atoms with Gasteiger partial charge in [0.05, 0.1) is 14.9 Å². The molecular formula is C13H15ClN2S2. The van der Waals surface area contributed by atoms with Gasteiger partial charge in [-0.25, -0.2) is 4.98 Å². The van der Waals surface area contributed by atoms with Crippen molar-refractivity contribution in [2.75, 3.05) is 0 Å². The Bertz CT molecular complexity index is 586. The maximum absolute atomic E-state index is 6.27. The fraction of sp³-hybridized carbons (Fsp3) is 0.462. The van der Waals surface area contributed by atoms with Crippen molar-refractivity contribution in [1.29, 1.82) is 0 Å². The Morgan fingerprint density at radius 2 is 2.17 bits per heavy atom. The topological polar surface area (TPSA) is 38.9 Å². The fourth-order valence-electron chi connectivity index (χ4n) is 2.53. The lowest BCUT2D eigenvalue weighted by Gasteiger charge is -2.32. The minimum Gasteiger partial charge on any atom is -0.323 e. The molecule has 2 aromatic heterocycles. The van der Waals surface area contributed by atoms with Crippen LogP contribution in [0.5, 0.6) is 0 Å². The molecule has 5 heteroatoms. The normalized spacial score (nSPS) is 21.9. The molecule has 1 aliphatic rings. The summed E-state index contributed by atoms with van der Waals surface area (Å²) in [6.45, 7) is 4.52. The summed E-state index contributed by atoms with van der Waals surface area (Å²) in [5, 5.41) is 1.06. The van der Waals surface area contributed by atoms with Gasteiger partial charge in [-0.1, -0.05) is 25.4 Å². The average molecular weight is 299 g/mol. The zero-order chi connectivity index (χ0) is 12.9. The van der Waals surface area contributed by atoms with E-state index in [0.29, 0.717) is 0 Å². The summed E-state index contributed by atoms with van der Waals surface area (Å²) >= 11 is 9.29. The van der Waals surface area contributed by atoms with Crippen LogP contribution in [0.1, 0.15) is 36.9 Å². The van der Waals surface area contributed by atoms with E-state index in [4.69, 9.17) is 22.3 Å². The number of nitrogens with two attached hydrogens (primary N) is 1.